The van der Waals surface area contributed by atoms with E-state index in [1.165, 1.54) is 11.8 Å². The third-order valence-electron chi connectivity index (χ3n) is 4.16. The molecule has 0 atom stereocenters. The van der Waals surface area contributed by atoms with Gasteiger partial charge in [0.2, 0.25) is 0 Å². The zero-order valence-corrected chi connectivity index (χ0v) is 16.5. The summed E-state index contributed by atoms with van der Waals surface area (Å²) in [6.45, 7) is 0. The standard InChI is InChI=1S/C21H18N2O4S/c1-25-16-6-4-13(5-7-16)18(24)12-28-21-15(11-22)8-14-9-19(26-2)20(27-3)10-17(14)23-21/h4-10H,12H2,1-3H3. The molecule has 0 spiro atoms. The third kappa shape index (κ3) is 4.02. The van der Waals surface area contributed by atoms with E-state index >= 15 is 0 Å². The van der Waals surface area contributed by atoms with E-state index < -0.39 is 0 Å². The minimum atomic E-state index is -0.0502. The Labute approximate surface area is 167 Å². The summed E-state index contributed by atoms with van der Waals surface area (Å²) in [5.41, 5.74) is 1.65. The zero-order valence-electron chi connectivity index (χ0n) is 15.7. The Morgan fingerprint density at radius 3 is 2.32 bits per heavy atom. The summed E-state index contributed by atoms with van der Waals surface area (Å²) in [5.74, 6) is 1.93. The van der Waals surface area contributed by atoms with Crippen LogP contribution >= 0.6 is 11.8 Å². The molecule has 7 heteroatoms. The van der Waals surface area contributed by atoms with E-state index in [1.54, 1.807) is 63.8 Å². The van der Waals surface area contributed by atoms with Crippen molar-refractivity contribution in [2.24, 2.45) is 0 Å². The van der Waals surface area contributed by atoms with Gasteiger partial charge >= 0.3 is 0 Å². The minimum absolute atomic E-state index is 0.0502. The molecule has 0 bridgehead atoms. The molecule has 1 heterocycles. The number of aromatic nitrogens is 1. The van der Waals surface area contributed by atoms with Crippen molar-refractivity contribution in [1.29, 1.82) is 5.26 Å². The molecule has 2 aromatic carbocycles. The first-order valence-corrected chi connectivity index (χ1v) is 9.35. The van der Waals surface area contributed by atoms with E-state index in [0.717, 1.165) is 5.39 Å². The molecule has 0 fully saturated rings. The van der Waals surface area contributed by atoms with Gasteiger partial charge in [-0.2, -0.15) is 5.26 Å². The van der Waals surface area contributed by atoms with Crippen LogP contribution in [0.3, 0.4) is 0 Å². The smallest absolute Gasteiger partial charge is 0.173 e. The number of thioether (sulfide) groups is 1. The number of rotatable bonds is 7. The number of pyridine rings is 1. The number of carbonyl (C=O) groups is 1. The number of hydrogen-bond donors (Lipinski definition) is 0. The van der Waals surface area contributed by atoms with E-state index in [0.29, 0.717) is 38.9 Å². The first-order chi connectivity index (χ1) is 13.6. The monoisotopic (exact) mass is 394 g/mol. The van der Waals surface area contributed by atoms with Gasteiger partial charge in [0.1, 0.15) is 16.8 Å². The predicted octanol–water partition coefficient (Wildman–Crippen LogP) is 4.11. The van der Waals surface area contributed by atoms with Crippen LogP contribution in [0.25, 0.3) is 10.9 Å². The molecule has 0 aliphatic rings. The van der Waals surface area contributed by atoms with Crippen LogP contribution < -0.4 is 14.2 Å². The molecule has 1 aromatic heterocycles. The fourth-order valence-corrected chi connectivity index (χ4v) is 3.52. The molecule has 0 radical (unpaired) electrons. The van der Waals surface area contributed by atoms with Crippen LogP contribution in [0, 0.1) is 11.3 Å². The van der Waals surface area contributed by atoms with E-state index in [-0.39, 0.29) is 11.5 Å². The molecule has 0 unspecified atom stereocenters. The van der Waals surface area contributed by atoms with Crippen molar-refractivity contribution in [1.82, 2.24) is 4.98 Å². The number of nitrogens with zero attached hydrogens (tertiary/aromatic N) is 2. The van der Waals surface area contributed by atoms with Crippen LogP contribution in [0.2, 0.25) is 0 Å². The summed E-state index contributed by atoms with van der Waals surface area (Å²) in [6, 6.07) is 14.3. The molecular formula is C21H18N2O4S. The minimum Gasteiger partial charge on any atom is -0.497 e. The van der Waals surface area contributed by atoms with Gasteiger partial charge in [-0.3, -0.25) is 4.79 Å². The van der Waals surface area contributed by atoms with Gasteiger partial charge in [-0.1, -0.05) is 11.8 Å². The normalized spacial score (nSPS) is 10.4. The maximum absolute atomic E-state index is 12.5. The van der Waals surface area contributed by atoms with Crippen molar-refractivity contribution in [3.63, 3.8) is 0 Å². The quantitative estimate of drug-likeness (QED) is 0.441. The van der Waals surface area contributed by atoms with Crippen molar-refractivity contribution in [2.75, 3.05) is 27.1 Å². The highest BCUT2D eigenvalue weighted by Crippen LogP contribution is 2.34. The lowest BCUT2D eigenvalue weighted by atomic mass is 10.1. The molecular weight excluding hydrogens is 376 g/mol. The van der Waals surface area contributed by atoms with Crippen LogP contribution in [0.1, 0.15) is 15.9 Å². The molecule has 0 aliphatic heterocycles. The summed E-state index contributed by atoms with van der Waals surface area (Å²) in [7, 11) is 4.68. The maximum Gasteiger partial charge on any atom is 0.173 e. The topological polar surface area (TPSA) is 81.4 Å². The number of ketones is 1. The van der Waals surface area contributed by atoms with E-state index in [1.807, 2.05) is 0 Å². The summed E-state index contributed by atoms with van der Waals surface area (Å²) >= 11 is 1.24. The van der Waals surface area contributed by atoms with Crippen LogP contribution in [0.5, 0.6) is 17.2 Å². The number of Topliss-reactive ketones (excluding diaryl/α,β-unsaturated/α-hetero) is 1. The Bertz CT molecular complexity index is 1060. The summed E-state index contributed by atoms with van der Waals surface area (Å²) in [4.78, 5) is 17.0. The predicted molar refractivity (Wildman–Crippen MR) is 108 cm³/mol. The molecule has 0 saturated heterocycles. The molecule has 0 aliphatic carbocycles. The fraction of sp³-hybridized carbons (Fsp3) is 0.190. The van der Waals surface area contributed by atoms with Gasteiger partial charge in [0.05, 0.1) is 38.2 Å². The second-order valence-corrected chi connectivity index (χ2v) is 6.76. The highest BCUT2D eigenvalue weighted by molar-refractivity contribution is 8.00. The van der Waals surface area contributed by atoms with Crippen molar-refractivity contribution >= 4 is 28.4 Å². The van der Waals surface area contributed by atoms with Crippen LogP contribution in [-0.4, -0.2) is 37.8 Å². The molecule has 0 N–H and O–H groups in total. The van der Waals surface area contributed by atoms with Gasteiger partial charge in [0, 0.05) is 17.0 Å². The lowest BCUT2D eigenvalue weighted by molar-refractivity contribution is 0.102. The molecule has 3 aromatic rings. The number of hydrogen-bond acceptors (Lipinski definition) is 7. The lowest BCUT2D eigenvalue weighted by Gasteiger charge is -2.10. The third-order valence-corrected chi connectivity index (χ3v) is 5.15. The maximum atomic E-state index is 12.5. The van der Waals surface area contributed by atoms with E-state index in [9.17, 15) is 10.1 Å². The Morgan fingerprint density at radius 2 is 1.71 bits per heavy atom. The van der Waals surface area contributed by atoms with Crippen LogP contribution in [0.15, 0.2) is 47.5 Å². The molecule has 0 amide bonds. The molecule has 28 heavy (non-hydrogen) atoms. The molecule has 142 valence electrons. The first-order valence-electron chi connectivity index (χ1n) is 8.36. The van der Waals surface area contributed by atoms with Crippen molar-refractivity contribution in [3.8, 4) is 23.3 Å². The highest BCUT2D eigenvalue weighted by atomic mass is 32.2. The number of carbonyl (C=O) groups excluding carboxylic acids is 1. The van der Waals surface area contributed by atoms with Crippen molar-refractivity contribution in [2.45, 2.75) is 5.03 Å². The van der Waals surface area contributed by atoms with Crippen LogP contribution in [0.4, 0.5) is 0 Å². The average molecular weight is 394 g/mol. The van der Waals surface area contributed by atoms with Gasteiger partial charge in [-0.05, 0) is 36.4 Å². The zero-order chi connectivity index (χ0) is 20.1. The molecule has 0 saturated carbocycles. The summed E-state index contributed by atoms with van der Waals surface area (Å²) < 4.78 is 15.7. The highest BCUT2D eigenvalue weighted by Gasteiger charge is 2.14. The fourth-order valence-electron chi connectivity index (χ4n) is 2.67. The Kier molecular flexibility index (Phi) is 6.02. The van der Waals surface area contributed by atoms with E-state index in [2.05, 4.69) is 11.1 Å². The number of fused-ring (bicyclic) bond motifs is 1. The Morgan fingerprint density at radius 1 is 1.04 bits per heavy atom. The summed E-state index contributed by atoms with van der Waals surface area (Å²) in [6.07, 6.45) is 0. The first kappa shape index (κ1) is 19.5. The lowest BCUT2D eigenvalue weighted by Crippen LogP contribution is -2.03. The van der Waals surface area contributed by atoms with Gasteiger partial charge < -0.3 is 14.2 Å². The Hall–Kier alpha value is -3.24. The van der Waals surface area contributed by atoms with Gasteiger partial charge in [0.25, 0.3) is 0 Å². The van der Waals surface area contributed by atoms with Crippen molar-refractivity contribution < 1.29 is 19.0 Å². The van der Waals surface area contributed by atoms with E-state index in [4.69, 9.17) is 14.2 Å². The largest absolute Gasteiger partial charge is 0.497 e. The average Bonchev–Trinajstić information content (AvgIpc) is 2.75. The number of methoxy groups -OCH3 is 3. The number of benzene rings is 2. The van der Waals surface area contributed by atoms with Gasteiger partial charge in [0.15, 0.2) is 17.3 Å². The van der Waals surface area contributed by atoms with Crippen LogP contribution in [-0.2, 0) is 0 Å². The molecule has 3 rings (SSSR count). The second-order valence-electron chi connectivity index (χ2n) is 5.79. The number of nitriles is 1. The Balaban J connectivity index is 1.87. The van der Waals surface area contributed by atoms with Gasteiger partial charge in [-0.25, -0.2) is 4.98 Å². The number of ether oxygens (including phenoxy) is 3. The second kappa shape index (κ2) is 8.63. The molecule has 6 nitrogen and oxygen atoms in total. The summed E-state index contributed by atoms with van der Waals surface area (Å²) in [5, 5.41) is 10.8. The van der Waals surface area contributed by atoms with Crippen molar-refractivity contribution in [3.05, 3.63) is 53.6 Å². The SMILES string of the molecule is COc1ccc(C(=O)CSc2nc3cc(OC)c(OC)cc3cc2C#N)cc1. The van der Waals surface area contributed by atoms with Gasteiger partial charge in [-0.15, -0.1) is 0 Å².